The fourth-order valence-electron chi connectivity index (χ4n) is 6.71. The summed E-state index contributed by atoms with van der Waals surface area (Å²) in [5, 5.41) is 1.10. The largest absolute Gasteiger partial charge is 0.497 e. The Morgan fingerprint density at radius 1 is 0.851 bits per heavy atom. The predicted molar refractivity (Wildman–Crippen MR) is 178 cm³/mol. The summed E-state index contributed by atoms with van der Waals surface area (Å²) in [5.74, 6) is -0.624. The van der Waals surface area contributed by atoms with Gasteiger partial charge in [0.15, 0.2) is 5.75 Å². The van der Waals surface area contributed by atoms with Crippen LogP contribution in [0.5, 0.6) is 5.75 Å². The van der Waals surface area contributed by atoms with Crippen molar-refractivity contribution in [3.63, 3.8) is 0 Å². The monoisotopic (exact) mass is 651 g/mol. The van der Waals surface area contributed by atoms with Gasteiger partial charge < -0.3 is 14.4 Å². The average molecular weight is 652 g/mol. The van der Waals surface area contributed by atoms with Gasteiger partial charge in [0.1, 0.15) is 12.4 Å². The van der Waals surface area contributed by atoms with Crippen LogP contribution in [0.2, 0.25) is 0 Å². The zero-order valence-corrected chi connectivity index (χ0v) is 27.0. The van der Waals surface area contributed by atoms with Crippen LogP contribution >= 0.6 is 0 Å². The van der Waals surface area contributed by atoms with E-state index in [4.69, 9.17) is 9.47 Å². The normalized spacial score (nSPS) is 17.5. The minimum atomic E-state index is -4.24. The molecule has 1 saturated heterocycles. The number of hydrazine groups is 1. The van der Waals surface area contributed by atoms with Gasteiger partial charge in [-0.25, -0.2) is 18.2 Å². The molecule has 2 fully saturated rings. The highest BCUT2D eigenvalue weighted by Gasteiger charge is 2.40. The number of nitrogens with zero attached hydrogens (tertiary/aromatic N) is 2. The Bertz CT molecular complexity index is 1840. The molecule has 0 aromatic heterocycles. The number of amides is 2. The lowest BCUT2D eigenvalue weighted by Crippen LogP contribution is -2.47. The molecule has 4 aromatic carbocycles. The third-order valence-corrected chi connectivity index (χ3v) is 10.4. The Morgan fingerprint density at radius 3 is 2.09 bits per heavy atom. The fraction of sp³-hybridized carbons (Fsp3) is 0.297. The SMILES string of the molecule is COc1ccc(CCN2C(=O)N(NS(=O)(=O)CC(=O)OCC3c4ccccc4-c4ccccc43)CC2c2ccc(C3CC3)cc2)cc1. The van der Waals surface area contributed by atoms with Crippen molar-refractivity contribution in [1.29, 1.82) is 0 Å². The molecule has 1 unspecified atom stereocenters. The number of esters is 1. The Kier molecular flexibility index (Phi) is 8.46. The molecule has 1 N–H and O–H groups in total. The van der Waals surface area contributed by atoms with Crippen LogP contribution in [0.25, 0.3) is 11.1 Å². The highest BCUT2D eigenvalue weighted by molar-refractivity contribution is 7.90. The maximum Gasteiger partial charge on any atom is 0.335 e. The van der Waals surface area contributed by atoms with E-state index in [1.807, 2.05) is 84.9 Å². The summed E-state index contributed by atoms with van der Waals surface area (Å²) in [5.41, 5.74) is 7.47. The maximum absolute atomic E-state index is 13.7. The van der Waals surface area contributed by atoms with E-state index >= 15 is 0 Å². The van der Waals surface area contributed by atoms with Crippen molar-refractivity contribution < 1.29 is 27.5 Å². The molecule has 0 bridgehead atoms. The Balaban J connectivity index is 1.02. The van der Waals surface area contributed by atoms with E-state index < -0.39 is 27.8 Å². The summed E-state index contributed by atoms with van der Waals surface area (Å²) in [6, 6.07) is 31.0. The first-order valence-electron chi connectivity index (χ1n) is 15.9. The van der Waals surface area contributed by atoms with E-state index in [-0.39, 0.29) is 25.1 Å². The van der Waals surface area contributed by atoms with Crippen LogP contribution in [0.1, 0.15) is 58.5 Å². The van der Waals surface area contributed by atoms with E-state index in [0.717, 1.165) is 44.1 Å². The van der Waals surface area contributed by atoms with E-state index in [2.05, 4.69) is 17.0 Å². The standard InChI is InChI=1S/C37H37N3O6S/c1-45-29-18-10-25(11-19-29)20-21-39-35(28-16-14-27(15-17-28)26-12-13-26)22-40(37(39)42)38-47(43,44)24-36(41)46-23-34-32-8-4-2-6-30(32)31-7-3-5-9-33(31)34/h2-11,14-19,26,34-35,38H,12-13,20-24H2,1H3. The van der Waals surface area contributed by atoms with Gasteiger partial charge in [-0.15, -0.1) is 4.83 Å². The lowest BCUT2D eigenvalue weighted by atomic mass is 9.98. The molecular formula is C37H37N3O6S. The molecule has 3 aliphatic rings. The fourth-order valence-corrected chi connectivity index (χ4v) is 7.66. The second-order valence-electron chi connectivity index (χ2n) is 12.4. The van der Waals surface area contributed by atoms with Crippen LogP contribution in [0, 0.1) is 0 Å². The van der Waals surface area contributed by atoms with E-state index in [0.29, 0.717) is 18.9 Å². The van der Waals surface area contributed by atoms with Crippen LogP contribution in [0.4, 0.5) is 4.79 Å². The minimum Gasteiger partial charge on any atom is -0.497 e. The molecule has 2 amide bonds. The molecular weight excluding hydrogens is 614 g/mol. The van der Waals surface area contributed by atoms with Gasteiger partial charge in [-0.3, -0.25) is 4.79 Å². The molecule has 1 atom stereocenters. The molecule has 1 aliphatic heterocycles. The molecule has 2 aliphatic carbocycles. The van der Waals surface area contributed by atoms with Crippen LogP contribution < -0.4 is 9.57 Å². The van der Waals surface area contributed by atoms with Crippen LogP contribution in [0.3, 0.4) is 0 Å². The van der Waals surface area contributed by atoms with Crippen molar-refractivity contribution in [1.82, 2.24) is 14.7 Å². The maximum atomic E-state index is 13.7. The first-order valence-corrected chi connectivity index (χ1v) is 17.6. The summed E-state index contributed by atoms with van der Waals surface area (Å²) < 4.78 is 37.2. The topological polar surface area (TPSA) is 105 Å². The zero-order valence-electron chi connectivity index (χ0n) is 26.2. The molecule has 9 nitrogen and oxygen atoms in total. The smallest absolute Gasteiger partial charge is 0.335 e. The summed E-state index contributed by atoms with van der Waals surface area (Å²) in [7, 11) is -2.63. The number of carbonyl (C=O) groups excluding carboxylic acids is 2. The molecule has 4 aromatic rings. The van der Waals surface area contributed by atoms with Gasteiger partial charge in [0, 0.05) is 12.5 Å². The molecule has 1 heterocycles. The lowest BCUT2D eigenvalue weighted by molar-refractivity contribution is -0.140. The molecule has 10 heteroatoms. The molecule has 47 heavy (non-hydrogen) atoms. The number of methoxy groups -OCH3 is 1. The van der Waals surface area contributed by atoms with Gasteiger partial charge in [-0.1, -0.05) is 84.9 Å². The number of rotatable bonds is 12. The first-order chi connectivity index (χ1) is 22.8. The highest BCUT2D eigenvalue weighted by atomic mass is 32.2. The number of hydrogen-bond donors (Lipinski definition) is 1. The van der Waals surface area contributed by atoms with Gasteiger partial charge in [0.2, 0.25) is 10.0 Å². The number of fused-ring (bicyclic) bond motifs is 3. The molecule has 1 saturated carbocycles. The summed E-state index contributed by atoms with van der Waals surface area (Å²) in [6.45, 7) is 0.502. The third kappa shape index (κ3) is 6.61. The minimum absolute atomic E-state index is 0.0170. The van der Waals surface area contributed by atoms with Gasteiger partial charge >= 0.3 is 12.0 Å². The van der Waals surface area contributed by atoms with Crippen molar-refractivity contribution in [3.8, 4) is 16.9 Å². The number of hydrogen-bond acceptors (Lipinski definition) is 6. The van der Waals surface area contributed by atoms with Crippen LogP contribution in [-0.4, -0.2) is 62.9 Å². The van der Waals surface area contributed by atoms with Crippen molar-refractivity contribution in [2.75, 3.05) is 32.6 Å². The van der Waals surface area contributed by atoms with E-state index in [1.54, 1.807) is 12.0 Å². The zero-order chi connectivity index (χ0) is 32.5. The van der Waals surface area contributed by atoms with Crippen LogP contribution in [-0.2, 0) is 26.0 Å². The van der Waals surface area contributed by atoms with E-state index in [9.17, 15) is 18.0 Å². The molecule has 0 radical (unpaired) electrons. The Hall–Kier alpha value is -4.67. The van der Waals surface area contributed by atoms with Gasteiger partial charge in [-0.05, 0) is 76.3 Å². The quantitative estimate of drug-likeness (QED) is 0.195. The van der Waals surface area contributed by atoms with E-state index in [1.165, 1.54) is 18.4 Å². The van der Waals surface area contributed by atoms with Crippen molar-refractivity contribution in [3.05, 3.63) is 125 Å². The van der Waals surface area contributed by atoms with Gasteiger partial charge in [-0.2, -0.15) is 0 Å². The summed E-state index contributed by atoms with van der Waals surface area (Å²) in [4.78, 5) is 30.6. The predicted octanol–water partition coefficient (Wildman–Crippen LogP) is 5.78. The van der Waals surface area contributed by atoms with Crippen molar-refractivity contribution >= 4 is 22.0 Å². The summed E-state index contributed by atoms with van der Waals surface area (Å²) >= 11 is 0. The van der Waals surface area contributed by atoms with Gasteiger partial charge in [0.25, 0.3) is 0 Å². The summed E-state index contributed by atoms with van der Waals surface area (Å²) in [6.07, 6.45) is 2.95. The highest BCUT2D eigenvalue weighted by Crippen LogP contribution is 2.44. The molecule has 242 valence electrons. The number of urea groups is 1. The van der Waals surface area contributed by atoms with Gasteiger partial charge in [0.05, 0.1) is 19.7 Å². The number of benzene rings is 4. The number of carbonyl (C=O) groups is 2. The number of sulfonamides is 1. The van der Waals surface area contributed by atoms with Crippen LogP contribution in [0.15, 0.2) is 97.1 Å². The molecule has 0 spiro atoms. The molecule has 7 rings (SSSR count). The first kappa shape index (κ1) is 31.0. The Morgan fingerprint density at radius 2 is 1.47 bits per heavy atom. The number of ether oxygens (including phenoxy) is 2. The average Bonchev–Trinajstić information content (AvgIpc) is 3.83. The van der Waals surface area contributed by atoms with Crippen molar-refractivity contribution in [2.45, 2.75) is 37.1 Å². The second kappa shape index (κ2) is 12.8. The van der Waals surface area contributed by atoms with Crippen molar-refractivity contribution in [2.24, 2.45) is 0 Å². The Labute approximate surface area is 275 Å². The lowest BCUT2D eigenvalue weighted by Gasteiger charge is -2.23. The third-order valence-electron chi connectivity index (χ3n) is 9.31. The number of nitrogens with one attached hydrogen (secondary N) is 1. The second-order valence-corrected chi connectivity index (χ2v) is 14.1.